The predicted molar refractivity (Wildman–Crippen MR) is 66.2 cm³/mol. The summed E-state index contributed by atoms with van der Waals surface area (Å²) in [4.78, 5) is 10.7. The maximum atomic E-state index is 10.7. The molecule has 0 bridgehead atoms. The number of aromatic nitrogens is 3. The number of aliphatic carboxylic acids is 1. The first-order chi connectivity index (χ1) is 9.25. The average molecular weight is 285 g/mol. The molecule has 0 aromatic carbocycles. The fraction of sp³-hybridized carbons (Fsp3) is 0.727. The van der Waals surface area contributed by atoms with E-state index in [9.17, 15) is 4.79 Å². The largest absolute Gasteiger partial charge is 0.481 e. The number of ether oxygens (including phenoxy) is 2. The molecule has 0 radical (unpaired) electrons. The van der Waals surface area contributed by atoms with Crippen LogP contribution in [-0.2, 0) is 14.3 Å². The van der Waals surface area contributed by atoms with E-state index >= 15 is 0 Å². The van der Waals surface area contributed by atoms with E-state index < -0.39 is 5.97 Å². The molecule has 0 spiro atoms. The highest BCUT2D eigenvalue weighted by Crippen LogP contribution is 2.40. The molecule has 1 unspecified atom stereocenters. The smallest absolute Gasteiger partial charge is 0.313 e. The fourth-order valence-corrected chi connectivity index (χ4v) is 2.78. The van der Waals surface area contributed by atoms with Crippen LogP contribution in [0.5, 0.6) is 0 Å². The van der Waals surface area contributed by atoms with E-state index in [-0.39, 0.29) is 11.9 Å². The molecule has 1 saturated carbocycles. The monoisotopic (exact) mass is 285 g/mol. The molecule has 0 amide bonds. The first kappa shape index (κ1) is 12.9. The lowest BCUT2D eigenvalue weighted by Gasteiger charge is -2.22. The number of carboxylic acids is 1. The Balaban J connectivity index is 1.81. The van der Waals surface area contributed by atoms with Crippen molar-refractivity contribution in [3.63, 3.8) is 0 Å². The Labute approximate surface area is 114 Å². The minimum Gasteiger partial charge on any atom is -0.481 e. The van der Waals surface area contributed by atoms with Crippen molar-refractivity contribution in [2.45, 2.75) is 30.1 Å². The van der Waals surface area contributed by atoms with Crippen LogP contribution in [0.3, 0.4) is 0 Å². The van der Waals surface area contributed by atoms with Crippen molar-refractivity contribution in [3.05, 3.63) is 5.82 Å². The number of carboxylic acid groups (broad SMARTS) is 1. The van der Waals surface area contributed by atoms with Crippen molar-refractivity contribution in [2.75, 3.05) is 25.6 Å². The molecular formula is C11H15N3O4S. The van der Waals surface area contributed by atoms with Crippen molar-refractivity contribution in [3.8, 4) is 0 Å². The molecule has 1 aromatic heterocycles. The van der Waals surface area contributed by atoms with Gasteiger partial charge in [-0.25, -0.2) is 0 Å². The highest BCUT2D eigenvalue weighted by molar-refractivity contribution is 7.99. The predicted octanol–water partition coefficient (Wildman–Crippen LogP) is 0.878. The average Bonchev–Trinajstić information content (AvgIpc) is 3.17. The van der Waals surface area contributed by atoms with Gasteiger partial charge < -0.3 is 19.1 Å². The van der Waals surface area contributed by atoms with Gasteiger partial charge >= 0.3 is 5.97 Å². The van der Waals surface area contributed by atoms with Crippen LogP contribution in [0.2, 0.25) is 0 Å². The lowest BCUT2D eigenvalue weighted by atomic mass is 10.3. The molecule has 104 valence electrons. The fourth-order valence-electron chi connectivity index (χ4n) is 2.05. The summed E-state index contributed by atoms with van der Waals surface area (Å²) >= 11 is 1.20. The van der Waals surface area contributed by atoms with E-state index in [0.29, 0.717) is 31.0 Å². The van der Waals surface area contributed by atoms with E-state index in [1.807, 2.05) is 4.57 Å². The van der Waals surface area contributed by atoms with Gasteiger partial charge in [-0.2, -0.15) is 0 Å². The quantitative estimate of drug-likeness (QED) is 0.803. The summed E-state index contributed by atoms with van der Waals surface area (Å²) in [6.07, 6.45) is 1.97. The molecular weight excluding hydrogens is 270 g/mol. The van der Waals surface area contributed by atoms with Crippen molar-refractivity contribution in [1.29, 1.82) is 0 Å². The standard InChI is InChI=1S/C11H15N3O4S/c15-9(16)6-19-11-13-12-10(14(11)7-1-2-7)8-5-17-3-4-18-8/h7-8H,1-6H2,(H,15,16). The molecule has 2 aliphatic rings. The van der Waals surface area contributed by atoms with Crippen molar-refractivity contribution >= 4 is 17.7 Å². The zero-order chi connectivity index (χ0) is 13.2. The second-order valence-corrected chi connectivity index (χ2v) is 5.50. The van der Waals surface area contributed by atoms with Crippen molar-refractivity contribution < 1.29 is 19.4 Å². The third kappa shape index (κ3) is 2.90. The van der Waals surface area contributed by atoms with Gasteiger partial charge in [0.25, 0.3) is 0 Å². The summed E-state index contributed by atoms with van der Waals surface area (Å²) < 4.78 is 13.1. The lowest BCUT2D eigenvalue weighted by molar-refractivity contribution is -0.133. The first-order valence-corrected chi connectivity index (χ1v) is 7.23. The zero-order valence-corrected chi connectivity index (χ0v) is 11.1. The third-order valence-corrected chi connectivity index (χ3v) is 3.96. The molecule has 1 aromatic rings. The first-order valence-electron chi connectivity index (χ1n) is 6.24. The molecule has 7 nitrogen and oxygen atoms in total. The Morgan fingerprint density at radius 2 is 2.26 bits per heavy atom. The van der Waals surface area contributed by atoms with Gasteiger partial charge in [0.1, 0.15) is 6.10 Å². The van der Waals surface area contributed by atoms with Gasteiger partial charge in [-0.3, -0.25) is 4.79 Å². The maximum Gasteiger partial charge on any atom is 0.313 e. The van der Waals surface area contributed by atoms with Gasteiger partial charge in [-0.05, 0) is 12.8 Å². The Hall–Kier alpha value is -1.12. The van der Waals surface area contributed by atoms with E-state index in [1.54, 1.807) is 0 Å². The summed E-state index contributed by atoms with van der Waals surface area (Å²) in [5, 5.41) is 17.7. The highest BCUT2D eigenvalue weighted by Gasteiger charge is 2.33. The number of hydrogen-bond donors (Lipinski definition) is 1. The van der Waals surface area contributed by atoms with Crippen molar-refractivity contribution in [1.82, 2.24) is 14.8 Å². The van der Waals surface area contributed by atoms with Crippen molar-refractivity contribution in [2.24, 2.45) is 0 Å². The van der Waals surface area contributed by atoms with Gasteiger partial charge in [-0.15, -0.1) is 10.2 Å². The van der Waals surface area contributed by atoms with Crippen LogP contribution in [0.1, 0.15) is 30.8 Å². The number of rotatable bonds is 5. The second-order valence-electron chi connectivity index (χ2n) is 4.56. The third-order valence-electron chi connectivity index (χ3n) is 3.03. The van der Waals surface area contributed by atoms with Crippen LogP contribution in [-0.4, -0.2) is 51.4 Å². The van der Waals surface area contributed by atoms with Gasteiger partial charge in [0.05, 0.1) is 25.6 Å². The van der Waals surface area contributed by atoms with E-state index in [1.165, 1.54) is 11.8 Å². The Kier molecular flexibility index (Phi) is 3.72. The maximum absolute atomic E-state index is 10.7. The van der Waals surface area contributed by atoms with E-state index in [4.69, 9.17) is 14.6 Å². The van der Waals surface area contributed by atoms with Gasteiger partial charge in [0, 0.05) is 6.04 Å². The molecule has 3 rings (SSSR count). The molecule has 1 aliphatic heterocycles. The normalized spacial score (nSPS) is 23.5. The summed E-state index contributed by atoms with van der Waals surface area (Å²) in [6.45, 7) is 1.64. The summed E-state index contributed by atoms with van der Waals surface area (Å²) in [7, 11) is 0. The van der Waals surface area contributed by atoms with Gasteiger partial charge in [-0.1, -0.05) is 11.8 Å². The van der Waals surface area contributed by atoms with Crippen LogP contribution < -0.4 is 0 Å². The molecule has 2 fully saturated rings. The summed E-state index contributed by atoms with van der Waals surface area (Å²) in [5.41, 5.74) is 0. The zero-order valence-electron chi connectivity index (χ0n) is 10.3. The number of nitrogens with zero attached hydrogens (tertiary/aromatic N) is 3. The molecule has 19 heavy (non-hydrogen) atoms. The Morgan fingerprint density at radius 3 is 2.89 bits per heavy atom. The molecule has 1 N–H and O–H groups in total. The highest BCUT2D eigenvalue weighted by atomic mass is 32.2. The lowest BCUT2D eigenvalue weighted by Crippen LogP contribution is -2.24. The molecule has 2 heterocycles. The molecule has 1 aliphatic carbocycles. The second kappa shape index (κ2) is 5.48. The number of thioether (sulfide) groups is 1. The van der Waals surface area contributed by atoms with E-state index in [0.717, 1.165) is 18.7 Å². The van der Waals surface area contributed by atoms with Crippen LogP contribution in [0.15, 0.2) is 5.16 Å². The summed E-state index contributed by atoms with van der Waals surface area (Å²) in [6, 6.07) is 0.381. The van der Waals surface area contributed by atoms with Crippen LogP contribution in [0, 0.1) is 0 Å². The number of hydrogen-bond acceptors (Lipinski definition) is 6. The Morgan fingerprint density at radius 1 is 1.42 bits per heavy atom. The summed E-state index contributed by atoms with van der Waals surface area (Å²) in [5.74, 6) is -0.100. The van der Waals surface area contributed by atoms with Gasteiger partial charge in [0.2, 0.25) is 0 Å². The van der Waals surface area contributed by atoms with Gasteiger partial charge in [0.15, 0.2) is 11.0 Å². The minimum atomic E-state index is -0.853. The van der Waals surface area contributed by atoms with Crippen LogP contribution >= 0.6 is 11.8 Å². The number of carbonyl (C=O) groups is 1. The van der Waals surface area contributed by atoms with Crippen LogP contribution in [0.25, 0.3) is 0 Å². The van der Waals surface area contributed by atoms with E-state index in [2.05, 4.69) is 10.2 Å². The molecule has 1 atom stereocenters. The van der Waals surface area contributed by atoms with Crippen LogP contribution in [0.4, 0.5) is 0 Å². The SMILES string of the molecule is O=C(O)CSc1nnc(C2COCCO2)n1C1CC1. The molecule has 1 saturated heterocycles. The molecule has 8 heteroatoms. The topological polar surface area (TPSA) is 86.5 Å². The Bertz CT molecular complexity index is 469. The minimum absolute atomic E-state index is 0.00707.